The lowest BCUT2D eigenvalue weighted by atomic mass is 10.1. The Morgan fingerprint density at radius 2 is 1.83 bits per heavy atom. The summed E-state index contributed by atoms with van der Waals surface area (Å²) in [7, 11) is 1.86. The minimum atomic E-state index is -2.85. The van der Waals surface area contributed by atoms with Crippen LogP contribution < -0.4 is 20.3 Å². The molecule has 1 fully saturated rings. The molecule has 1 aliphatic rings. The number of carbonyl (C=O) groups is 2. The summed E-state index contributed by atoms with van der Waals surface area (Å²) in [5.74, 6) is -0.303. The Morgan fingerprint density at radius 1 is 1.14 bits per heavy atom. The van der Waals surface area contributed by atoms with Crippen LogP contribution in [0.2, 0.25) is 0 Å². The Bertz CT molecular complexity index is 855. The van der Waals surface area contributed by atoms with Crippen LogP contribution in [0.3, 0.4) is 0 Å². The first kappa shape index (κ1) is 20.7. The zero-order valence-electron chi connectivity index (χ0n) is 16.1. The molecule has 2 aromatic rings. The molecule has 6 nitrogen and oxygen atoms in total. The smallest absolute Gasteiger partial charge is 0.387 e. The van der Waals surface area contributed by atoms with E-state index in [4.69, 9.17) is 0 Å². The normalized spacial score (nSPS) is 14.3. The molecule has 0 bridgehead atoms. The maximum atomic E-state index is 12.4. The number of anilines is 1. The Morgan fingerprint density at radius 3 is 2.48 bits per heavy atom. The van der Waals surface area contributed by atoms with Crippen LogP contribution in [-0.4, -0.2) is 38.1 Å². The molecule has 0 saturated heterocycles. The van der Waals surface area contributed by atoms with Gasteiger partial charge in [-0.05, 0) is 49.2 Å². The van der Waals surface area contributed by atoms with Crippen molar-refractivity contribution >= 4 is 17.5 Å². The first-order valence-electron chi connectivity index (χ1n) is 9.45. The van der Waals surface area contributed by atoms with Gasteiger partial charge in [-0.3, -0.25) is 9.59 Å². The number of quaternary nitrogens is 1. The Hall–Kier alpha value is -3.00. The van der Waals surface area contributed by atoms with Crippen molar-refractivity contribution in [3.8, 4) is 5.75 Å². The van der Waals surface area contributed by atoms with Gasteiger partial charge in [0.1, 0.15) is 12.3 Å². The molecular weight excluding hydrogens is 380 g/mol. The van der Waals surface area contributed by atoms with E-state index in [1.54, 1.807) is 36.4 Å². The van der Waals surface area contributed by atoms with Gasteiger partial charge in [0.15, 0.2) is 6.54 Å². The second kappa shape index (κ2) is 9.47. The predicted octanol–water partition coefficient (Wildman–Crippen LogP) is 1.83. The predicted molar refractivity (Wildman–Crippen MR) is 104 cm³/mol. The SMILES string of the molecule is C[NH+](CC(=O)Nc1ccccc1C(=O)NC1CC1)Cc1ccc(OC(F)F)cc1. The van der Waals surface area contributed by atoms with Gasteiger partial charge >= 0.3 is 6.61 Å². The molecule has 1 aliphatic carbocycles. The van der Waals surface area contributed by atoms with E-state index in [0.29, 0.717) is 17.8 Å². The van der Waals surface area contributed by atoms with Gasteiger partial charge in [-0.25, -0.2) is 0 Å². The van der Waals surface area contributed by atoms with Gasteiger partial charge in [0, 0.05) is 11.6 Å². The van der Waals surface area contributed by atoms with Crippen molar-refractivity contribution in [1.29, 1.82) is 0 Å². The van der Waals surface area contributed by atoms with Gasteiger partial charge < -0.3 is 20.3 Å². The standard InChI is InChI=1S/C21H23F2N3O3/c1-26(12-14-6-10-16(11-7-14)29-21(22)23)13-19(27)25-18-5-3-2-4-17(18)20(28)24-15-8-9-15/h2-7,10-11,15,21H,8-9,12-13H2,1H3,(H,24,28)(H,25,27)/p+1. The monoisotopic (exact) mass is 404 g/mol. The number of likely N-dealkylation sites (N-methyl/N-ethyl adjacent to an activating group) is 1. The quantitative estimate of drug-likeness (QED) is 0.597. The van der Waals surface area contributed by atoms with E-state index >= 15 is 0 Å². The Kier molecular flexibility index (Phi) is 6.77. The highest BCUT2D eigenvalue weighted by atomic mass is 19.3. The second-order valence-corrected chi connectivity index (χ2v) is 7.17. The molecule has 1 atom stereocenters. The molecule has 0 aromatic heterocycles. The van der Waals surface area contributed by atoms with Crippen LogP contribution >= 0.6 is 0 Å². The summed E-state index contributed by atoms with van der Waals surface area (Å²) in [6, 6.07) is 13.5. The molecule has 29 heavy (non-hydrogen) atoms. The average Bonchev–Trinajstić information content (AvgIpc) is 3.47. The number of rotatable bonds is 9. The number of hydrogen-bond donors (Lipinski definition) is 3. The number of halogens is 2. The van der Waals surface area contributed by atoms with E-state index in [1.165, 1.54) is 12.1 Å². The lowest BCUT2D eigenvalue weighted by Gasteiger charge is -2.15. The third kappa shape index (κ3) is 6.53. The molecule has 0 heterocycles. The maximum absolute atomic E-state index is 12.4. The van der Waals surface area contributed by atoms with Crippen LogP contribution in [0.4, 0.5) is 14.5 Å². The number of para-hydroxylation sites is 1. The topological polar surface area (TPSA) is 71.9 Å². The van der Waals surface area contributed by atoms with Gasteiger partial charge in [-0.1, -0.05) is 12.1 Å². The average molecular weight is 404 g/mol. The maximum Gasteiger partial charge on any atom is 0.387 e. The molecule has 3 N–H and O–H groups in total. The fourth-order valence-corrected chi connectivity index (χ4v) is 2.95. The fourth-order valence-electron chi connectivity index (χ4n) is 2.95. The highest BCUT2D eigenvalue weighted by Gasteiger charge is 2.25. The van der Waals surface area contributed by atoms with E-state index in [9.17, 15) is 18.4 Å². The molecule has 1 saturated carbocycles. The third-order valence-corrected chi connectivity index (χ3v) is 4.48. The van der Waals surface area contributed by atoms with Gasteiger partial charge in [0.2, 0.25) is 0 Å². The second-order valence-electron chi connectivity index (χ2n) is 7.17. The largest absolute Gasteiger partial charge is 0.435 e. The summed E-state index contributed by atoms with van der Waals surface area (Å²) in [5.41, 5.74) is 1.82. The van der Waals surface area contributed by atoms with Crippen LogP contribution in [0.15, 0.2) is 48.5 Å². The lowest BCUT2D eigenvalue weighted by molar-refractivity contribution is -0.885. The minimum Gasteiger partial charge on any atom is -0.435 e. The summed E-state index contributed by atoms with van der Waals surface area (Å²) in [6.45, 7) is -2.13. The molecule has 3 rings (SSSR count). The number of benzene rings is 2. The zero-order valence-corrected chi connectivity index (χ0v) is 16.1. The fraction of sp³-hybridized carbons (Fsp3) is 0.333. The number of ether oxygens (including phenoxy) is 1. The molecule has 154 valence electrons. The van der Waals surface area contributed by atoms with E-state index in [1.807, 2.05) is 7.05 Å². The molecule has 0 radical (unpaired) electrons. The molecule has 0 aliphatic heterocycles. The zero-order chi connectivity index (χ0) is 20.8. The molecular formula is C21H24F2N3O3+. The molecule has 1 unspecified atom stereocenters. The van der Waals surface area contributed by atoms with Crippen LogP contribution in [0.1, 0.15) is 28.8 Å². The number of nitrogens with one attached hydrogen (secondary N) is 3. The van der Waals surface area contributed by atoms with Crippen LogP contribution in [0, 0.1) is 0 Å². The highest BCUT2D eigenvalue weighted by molar-refractivity contribution is 6.04. The number of amides is 2. The van der Waals surface area contributed by atoms with Crippen LogP contribution in [0.5, 0.6) is 5.75 Å². The molecule has 0 spiro atoms. The molecule has 8 heteroatoms. The van der Waals surface area contributed by atoms with Crippen molar-refractivity contribution in [3.63, 3.8) is 0 Å². The summed E-state index contributed by atoms with van der Waals surface area (Å²) >= 11 is 0. The highest BCUT2D eigenvalue weighted by Crippen LogP contribution is 2.21. The third-order valence-electron chi connectivity index (χ3n) is 4.48. The van der Waals surface area contributed by atoms with Gasteiger partial charge in [-0.2, -0.15) is 8.78 Å². The Balaban J connectivity index is 1.53. The van der Waals surface area contributed by atoms with Gasteiger partial charge in [0.25, 0.3) is 11.8 Å². The Labute approximate surface area is 167 Å². The van der Waals surface area contributed by atoms with Gasteiger partial charge in [-0.15, -0.1) is 0 Å². The van der Waals surface area contributed by atoms with Crippen molar-refractivity contribution < 1.29 is 28.0 Å². The first-order valence-corrected chi connectivity index (χ1v) is 9.45. The number of carbonyl (C=O) groups excluding carboxylic acids is 2. The van der Waals surface area contributed by atoms with E-state index < -0.39 is 6.61 Å². The summed E-state index contributed by atoms with van der Waals surface area (Å²) in [6.07, 6.45) is 1.98. The van der Waals surface area contributed by atoms with Crippen LogP contribution in [-0.2, 0) is 11.3 Å². The van der Waals surface area contributed by atoms with Crippen molar-refractivity contribution in [2.45, 2.75) is 32.0 Å². The van der Waals surface area contributed by atoms with Crippen LogP contribution in [0.25, 0.3) is 0 Å². The summed E-state index contributed by atoms with van der Waals surface area (Å²) in [4.78, 5) is 25.7. The van der Waals surface area contributed by atoms with Crippen molar-refractivity contribution in [3.05, 3.63) is 59.7 Å². The van der Waals surface area contributed by atoms with E-state index in [2.05, 4.69) is 15.4 Å². The molecule has 2 amide bonds. The lowest BCUT2D eigenvalue weighted by Crippen LogP contribution is -3.08. The van der Waals surface area contributed by atoms with E-state index in [0.717, 1.165) is 23.3 Å². The summed E-state index contributed by atoms with van der Waals surface area (Å²) in [5, 5.41) is 5.73. The van der Waals surface area contributed by atoms with Crippen molar-refractivity contribution in [2.75, 3.05) is 18.9 Å². The van der Waals surface area contributed by atoms with E-state index in [-0.39, 0.29) is 30.2 Å². The molecule has 2 aromatic carbocycles. The van der Waals surface area contributed by atoms with Gasteiger partial charge in [0.05, 0.1) is 18.3 Å². The number of hydrogen-bond acceptors (Lipinski definition) is 3. The number of alkyl halides is 2. The van der Waals surface area contributed by atoms with Crippen molar-refractivity contribution in [1.82, 2.24) is 5.32 Å². The van der Waals surface area contributed by atoms with Crippen molar-refractivity contribution in [2.24, 2.45) is 0 Å². The first-order chi connectivity index (χ1) is 13.9. The summed E-state index contributed by atoms with van der Waals surface area (Å²) < 4.78 is 28.7. The minimum absolute atomic E-state index is 0.0974.